The monoisotopic (exact) mass is 309 g/mol. The molecule has 23 heavy (non-hydrogen) atoms. The van der Waals surface area contributed by atoms with Gasteiger partial charge in [0.1, 0.15) is 18.0 Å². The van der Waals surface area contributed by atoms with Crippen LogP contribution in [0.2, 0.25) is 0 Å². The van der Waals surface area contributed by atoms with Gasteiger partial charge in [-0.15, -0.1) is 0 Å². The summed E-state index contributed by atoms with van der Waals surface area (Å²) in [5, 5.41) is 8.72. The number of anilines is 2. The maximum absolute atomic E-state index is 4.48. The first kappa shape index (κ1) is 13.9. The predicted molar refractivity (Wildman–Crippen MR) is 89.4 cm³/mol. The molecular weight excluding hydrogens is 290 g/mol. The minimum atomic E-state index is 0.582. The Morgan fingerprint density at radius 3 is 3.09 bits per heavy atom. The molecule has 1 aliphatic heterocycles. The smallest absolute Gasteiger partial charge is 0.163 e. The standard InChI is InChI=1S/C16H19N7/c1-22-15-13(9-21-22)16(20-11-19-15)23-7-5-12(10-23)8-18-14-4-2-3-6-17-14/h2-4,6,9,11-12H,5,7-8,10H2,1H3,(H,17,18). The lowest BCUT2D eigenvalue weighted by atomic mass is 10.1. The minimum absolute atomic E-state index is 0.582. The molecule has 7 heteroatoms. The van der Waals surface area contributed by atoms with Gasteiger partial charge in [0.15, 0.2) is 5.65 Å². The van der Waals surface area contributed by atoms with Gasteiger partial charge in [-0.25, -0.2) is 15.0 Å². The summed E-state index contributed by atoms with van der Waals surface area (Å²) < 4.78 is 1.79. The molecule has 0 aromatic carbocycles. The Hall–Kier alpha value is -2.70. The first-order valence-corrected chi connectivity index (χ1v) is 7.84. The van der Waals surface area contributed by atoms with Gasteiger partial charge in [0.05, 0.1) is 11.6 Å². The van der Waals surface area contributed by atoms with Gasteiger partial charge in [-0.2, -0.15) is 5.10 Å². The number of hydrogen-bond donors (Lipinski definition) is 1. The molecule has 0 saturated carbocycles. The van der Waals surface area contributed by atoms with Crippen molar-refractivity contribution in [2.75, 3.05) is 29.9 Å². The number of rotatable bonds is 4. The third-order valence-corrected chi connectivity index (χ3v) is 4.33. The Bertz CT molecular complexity index is 799. The van der Waals surface area contributed by atoms with E-state index in [0.29, 0.717) is 5.92 Å². The van der Waals surface area contributed by atoms with Crippen molar-refractivity contribution in [3.8, 4) is 0 Å². The zero-order chi connectivity index (χ0) is 15.6. The maximum atomic E-state index is 4.48. The Morgan fingerprint density at radius 1 is 1.26 bits per heavy atom. The van der Waals surface area contributed by atoms with Crippen LogP contribution in [0.25, 0.3) is 11.0 Å². The van der Waals surface area contributed by atoms with Crippen LogP contribution in [0.1, 0.15) is 6.42 Å². The summed E-state index contributed by atoms with van der Waals surface area (Å²) in [5.74, 6) is 2.50. The predicted octanol–water partition coefficient (Wildman–Crippen LogP) is 1.70. The molecule has 3 aromatic rings. The number of aryl methyl sites for hydroxylation is 1. The quantitative estimate of drug-likeness (QED) is 0.791. The Labute approximate surface area is 134 Å². The second kappa shape index (κ2) is 5.83. The van der Waals surface area contributed by atoms with E-state index in [4.69, 9.17) is 0 Å². The van der Waals surface area contributed by atoms with Gasteiger partial charge in [0, 0.05) is 32.9 Å². The molecule has 0 aliphatic carbocycles. The summed E-state index contributed by atoms with van der Waals surface area (Å²) in [7, 11) is 1.91. The Balaban J connectivity index is 1.45. The van der Waals surface area contributed by atoms with Crippen LogP contribution in [-0.4, -0.2) is 44.4 Å². The van der Waals surface area contributed by atoms with E-state index in [-0.39, 0.29) is 0 Å². The molecular formula is C16H19N7. The molecule has 0 radical (unpaired) electrons. The fourth-order valence-corrected chi connectivity index (χ4v) is 3.11. The molecule has 1 N–H and O–H groups in total. The Morgan fingerprint density at radius 2 is 2.22 bits per heavy atom. The number of fused-ring (bicyclic) bond motifs is 1. The van der Waals surface area contributed by atoms with Gasteiger partial charge >= 0.3 is 0 Å². The van der Waals surface area contributed by atoms with Crippen molar-refractivity contribution in [1.82, 2.24) is 24.7 Å². The van der Waals surface area contributed by atoms with E-state index in [9.17, 15) is 0 Å². The van der Waals surface area contributed by atoms with Gasteiger partial charge in [-0.1, -0.05) is 6.07 Å². The number of nitrogens with one attached hydrogen (secondary N) is 1. The van der Waals surface area contributed by atoms with Crippen molar-refractivity contribution in [2.24, 2.45) is 13.0 Å². The molecule has 118 valence electrons. The molecule has 3 aromatic heterocycles. The second-order valence-electron chi connectivity index (χ2n) is 5.90. The topological polar surface area (TPSA) is 71.8 Å². The third kappa shape index (κ3) is 2.69. The normalized spacial score (nSPS) is 17.8. The van der Waals surface area contributed by atoms with E-state index in [0.717, 1.165) is 48.7 Å². The first-order valence-electron chi connectivity index (χ1n) is 7.84. The molecule has 0 spiro atoms. The molecule has 4 rings (SSSR count). The molecule has 1 aliphatic rings. The van der Waals surface area contributed by atoms with Crippen molar-refractivity contribution < 1.29 is 0 Å². The fourth-order valence-electron chi connectivity index (χ4n) is 3.11. The highest BCUT2D eigenvalue weighted by atomic mass is 15.3. The van der Waals surface area contributed by atoms with E-state index >= 15 is 0 Å². The molecule has 7 nitrogen and oxygen atoms in total. The largest absolute Gasteiger partial charge is 0.370 e. The van der Waals surface area contributed by atoms with Gasteiger partial charge in [-0.05, 0) is 24.5 Å². The highest BCUT2D eigenvalue weighted by Crippen LogP contribution is 2.27. The van der Waals surface area contributed by atoms with E-state index in [1.165, 1.54) is 0 Å². The first-order chi connectivity index (χ1) is 11.3. The SMILES string of the molecule is Cn1ncc2c(N3CCC(CNc4ccccn4)C3)ncnc21. The average Bonchev–Trinajstić information content (AvgIpc) is 3.21. The summed E-state index contributed by atoms with van der Waals surface area (Å²) in [6, 6.07) is 5.92. The fraction of sp³-hybridized carbons (Fsp3) is 0.375. The van der Waals surface area contributed by atoms with Crippen molar-refractivity contribution in [2.45, 2.75) is 6.42 Å². The van der Waals surface area contributed by atoms with Crippen molar-refractivity contribution in [3.05, 3.63) is 36.9 Å². The number of nitrogens with zero attached hydrogens (tertiary/aromatic N) is 6. The highest BCUT2D eigenvalue weighted by Gasteiger charge is 2.25. The van der Waals surface area contributed by atoms with Crippen LogP contribution in [-0.2, 0) is 7.05 Å². The molecule has 1 fully saturated rings. The zero-order valence-electron chi connectivity index (χ0n) is 13.1. The Kier molecular flexibility index (Phi) is 3.53. The lowest BCUT2D eigenvalue weighted by molar-refractivity contribution is 0.621. The average molecular weight is 309 g/mol. The molecule has 1 atom stereocenters. The van der Waals surface area contributed by atoms with Crippen LogP contribution >= 0.6 is 0 Å². The maximum Gasteiger partial charge on any atom is 0.163 e. The summed E-state index contributed by atoms with van der Waals surface area (Å²) in [6.07, 6.45) is 6.43. The summed E-state index contributed by atoms with van der Waals surface area (Å²) in [5.41, 5.74) is 0.880. The van der Waals surface area contributed by atoms with Crippen LogP contribution in [0.3, 0.4) is 0 Å². The molecule has 4 heterocycles. The van der Waals surface area contributed by atoms with Gasteiger partial charge in [0.2, 0.25) is 0 Å². The summed E-state index contributed by atoms with van der Waals surface area (Å²) >= 11 is 0. The van der Waals surface area contributed by atoms with Crippen LogP contribution in [0.5, 0.6) is 0 Å². The summed E-state index contributed by atoms with van der Waals surface area (Å²) in [6.45, 7) is 2.92. The summed E-state index contributed by atoms with van der Waals surface area (Å²) in [4.78, 5) is 15.4. The zero-order valence-corrected chi connectivity index (χ0v) is 13.1. The van der Waals surface area contributed by atoms with Crippen molar-refractivity contribution >= 4 is 22.7 Å². The third-order valence-electron chi connectivity index (χ3n) is 4.33. The van der Waals surface area contributed by atoms with E-state index in [1.807, 2.05) is 37.6 Å². The van der Waals surface area contributed by atoms with Crippen LogP contribution in [0, 0.1) is 5.92 Å². The number of hydrogen-bond acceptors (Lipinski definition) is 6. The molecule has 1 saturated heterocycles. The number of pyridine rings is 1. The highest BCUT2D eigenvalue weighted by molar-refractivity contribution is 5.86. The molecule has 0 amide bonds. The lowest BCUT2D eigenvalue weighted by Gasteiger charge is -2.18. The van der Waals surface area contributed by atoms with E-state index in [1.54, 1.807) is 11.0 Å². The molecule has 0 bridgehead atoms. The van der Waals surface area contributed by atoms with Gasteiger partial charge in [0.25, 0.3) is 0 Å². The molecule has 1 unspecified atom stereocenters. The van der Waals surface area contributed by atoms with Crippen molar-refractivity contribution in [1.29, 1.82) is 0 Å². The second-order valence-corrected chi connectivity index (χ2v) is 5.90. The van der Waals surface area contributed by atoms with Crippen molar-refractivity contribution in [3.63, 3.8) is 0 Å². The van der Waals surface area contributed by atoms with Crippen LogP contribution in [0.4, 0.5) is 11.6 Å². The lowest BCUT2D eigenvalue weighted by Crippen LogP contribution is -2.23. The van der Waals surface area contributed by atoms with Gasteiger partial charge < -0.3 is 10.2 Å². The minimum Gasteiger partial charge on any atom is -0.370 e. The van der Waals surface area contributed by atoms with E-state index in [2.05, 4.69) is 30.3 Å². The van der Waals surface area contributed by atoms with Gasteiger partial charge in [-0.3, -0.25) is 4.68 Å². The van der Waals surface area contributed by atoms with Crippen LogP contribution in [0.15, 0.2) is 36.9 Å². The van der Waals surface area contributed by atoms with E-state index < -0.39 is 0 Å². The number of aromatic nitrogens is 5. The van der Waals surface area contributed by atoms with Crippen LogP contribution < -0.4 is 10.2 Å².